The van der Waals surface area contributed by atoms with Crippen molar-refractivity contribution in [1.82, 2.24) is 4.37 Å². The number of esters is 1. The van der Waals surface area contributed by atoms with E-state index in [1.165, 1.54) is 0 Å². The molecule has 11 heteroatoms. The Hall–Kier alpha value is -3.08. The van der Waals surface area contributed by atoms with Gasteiger partial charge in [-0.1, -0.05) is 31.2 Å². The number of aromatic nitrogens is 1. The first-order valence-corrected chi connectivity index (χ1v) is 11.4. The van der Waals surface area contributed by atoms with Crippen molar-refractivity contribution in [3.05, 3.63) is 69.4 Å². The van der Waals surface area contributed by atoms with Crippen molar-refractivity contribution in [3.8, 4) is 17.0 Å². The van der Waals surface area contributed by atoms with Gasteiger partial charge in [0, 0.05) is 17.5 Å². The second-order valence-electron chi connectivity index (χ2n) is 7.46. The maximum atomic E-state index is 14.6. The maximum Gasteiger partial charge on any atom is 0.427 e. The van der Waals surface area contributed by atoms with Crippen LogP contribution in [-0.2, 0) is 35.2 Å². The Morgan fingerprint density at radius 3 is 2.34 bits per heavy atom. The van der Waals surface area contributed by atoms with Crippen LogP contribution in [0.25, 0.3) is 11.3 Å². The molecule has 4 nitrogen and oxygen atoms in total. The van der Waals surface area contributed by atoms with E-state index in [0.29, 0.717) is 11.6 Å². The van der Waals surface area contributed by atoms with Gasteiger partial charge in [-0.3, -0.25) is 4.79 Å². The summed E-state index contributed by atoms with van der Waals surface area (Å²) in [5.41, 5.74) is 0.439. The van der Waals surface area contributed by atoms with E-state index in [2.05, 4.69) is 4.37 Å². The lowest BCUT2D eigenvalue weighted by atomic mass is 10.0. The summed E-state index contributed by atoms with van der Waals surface area (Å²) in [6.07, 6.45) is -4.69. The molecule has 1 heterocycles. The predicted octanol–water partition coefficient (Wildman–Crippen LogP) is 6.88. The molecule has 0 fully saturated rings. The molecule has 1 aromatic heterocycles. The van der Waals surface area contributed by atoms with Crippen molar-refractivity contribution >= 4 is 17.5 Å². The molecule has 0 aliphatic carbocycles. The molecular weight excluding hydrogens is 496 g/mol. The third kappa shape index (κ3) is 6.14. The average molecular weight is 517 g/mol. The van der Waals surface area contributed by atoms with Gasteiger partial charge in [0.15, 0.2) is 17.4 Å². The van der Waals surface area contributed by atoms with Crippen LogP contribution < -0.4 is 4.74 Å². The summed E-state index contributed by atoms with van der Waals surface area (Å²) in [6, 6.07) is 7.30. The van der Waals surface area contributed by atoms with Gasteiger partial charge < -0.3 is 9.47 Å². The van der Waals surface area contributed by atoms with Crippen LogP contribution in [-0.4, -0.2) is 16.9 Å². The highest BCUT2D eigenvalue weighted by molar-refractivity contribution is 7.06. The predicted molar refractivity (Wildman–Crippen MR) is 118 cm³/mol. The number of hydrogen-bond donors (Lipinski definition) is 0. The van der Waals surface area contributed by atoms with Gasteiger partial charge in [-0.2, -0.15) is 21.9 Å². The minimum Gasteiger partial charge on any atom is -0.483 e. The molecule has 0 radical (unpaired) electrons. The highest BCUT2D eigenvalue weighted by atomic mass is 32.1. The van der Waals surface area contributed by atoms with Gasteiger partial charge in [0.05, 0.1) is 12.3 Å². The first kappa shape index (κ1) is 26.5. The summed E-state index contributed by atoms with van der Waals surface area (Å²) >= 11 is 0.190. The largest absolute Gasteiger partial charge is 0.483 e. The van der Waals surface area contributed by atoms with E-state index in [1.54, 1.807) is 31.2 Å². The molecule has 0 spiro atoms. The Bertz CT molecular complexity index is 1190. The summed E-state index contributed by atoms with van der Waals surface area (Å²) in [5.74, 6) is -6.30. The van der Waals surface area contributed by atoms with Gasteiger partial charge in [-0.25, -0.2) is 8.78 Å². The van der Waals surface area contributed by atoms with Gasteiger partial charge >= 0.3 is 12.1 Å². The van der Waals surface area contributed by atoms with Crippen LogP contribution in [0.5, 0.6) is 5.75 Å². The lowest BCUT2D eigenvalue weighted by Crippen LogP contribution is -2.11. The van der Waals surface area contributed by atoms with Gasteiger partial charge in [-0.05, 0) is 48.5 Å². The highest BCUT2D eigenvalue weighted by Gasteiger charge is 2.38. The molecule has 0 unspecified atom stereocenters. The van der Waals surface area contributed by atoms with Crippen LogP contribution >= 0.6 is 11.5 Å². The Kier molecular flexibility index (Phi) is 8.42. The fourth-order valence-electron chi connectivity index (χ4n) is 3.35. The molecule has 0 saturated carbocycles. The van der Waals surface area contributed by atoms with Crippen molar-refractivity contribution in [2.24, 2.45) is 0 Å². The van der Waals surface area contributed by atoms with Crippen LogP contribution in [0, 0.1) is 17.5 Å². The molecule has 0 bridgehead atoms. The monoisotopic (exact) mass is 517 g/mol. The molecule has 188 valence electrons. The molecule has 2 aromatic carbocycles. The van der Waals surface area contributed by atoms with Gasteiger partial charge in [0.1, 0.15) is 11.5 Å². The number of alkyl halides is 3. The number of halogens is 6. The molecule has 3 aromatic rings. The van der Waals surface area contributed by atoms with E-state index < -0.39 is 58.0 Å². The summed E-state index contributed by atoms with van der Waals surface area (Å²) in [6.45, 7) is 2.69. The molecule has 0 saturated heterocycles. The van der Waals surface area contributed by atoms with Crippen molar-refractivity contribution in [1.29, 1.82) is 0 Å². The number of nitrogens with zero attached hydrogens (tertiary/aromatic N) is 1. The first-order valence-electron chi connectivity index (χ1n) is 10.7. The number of rotatable bonds is 9. The molecule has 0 amide bonds. The standard InChI is InChI=1S/C24H21F6NO3S/c1-3-13-5-7-14(8-6-13)21-16(23(35-31-21)24(28,29)30)12-34-22-17(25)11-15(19(26)20(22)27)9-10-18(32)33-4-2/h5-8,11H,3-4,9-10,12H2,1-2H3. The van der Waals surface area contributed by atoms with Crippen LogP contribution in [0.2, 0.25) is 0 Å². The number of benzene rings is 2. The highest BCUT2D eigenvalue weighted by Crippen LogP contribution is 2.40. The Balaban J connectivity index is 1.90. The Morgan fingerprint density at radius 1 is 1.06 bits per heavy atom. The number of ether oxygens (including phenoxy) is 2. The first-order chi connectivity index (χ1) is 16.6. The van der Waals surface area contributed by atoms with E-state index >= 15 is 0 Å². The molecule has 0 atom stereocenters. The van der Waals surface area contributed by atoms with E-state index in [9.17, 15) is 31.1 Å². The van der Waals surface area contributed by atoms with Crippen LogP contribution in [0.1, 0.15) is 41.8 Å². The molecule has 3 rings (SSSR count). The smallest absolute Gasteiger partial charge is 0.427 e. The lowest BCUT2D eigenvalue weighted by Gasteiger charge is -2.14. The maximum absolute atomic E-state index is 14.6. The zero-order valence-corrected chi connectivity index (χ0v) is 19.6. The van der Waals surface area contributed by atoms with Crippen molar-refractivity contribution in [2.45, 2.75) is 45.9 Å². The van der Waals surface area contributed by atoms with E-state index in [0.717, 1.165) is 12.0 Å². The normalized spacial score (nSPS) is 11.5. The number of carbonyl (C=O) groups is 1. The number of carbonyl (C=O) groups excluding carboxylic acids is 1. The number of hydrogen-bond acceptors (Lipinski definition) is 5. The summed E-state index contributed by atoms with van der Waals surface area (Å²) < 4.78 is 97.9. The van der Waals surface area contributed by atoms with E-state index in [1.807, 2.05) is 6.92 Å². The van der Waals surface area contributed by atoms with Crippen LogP contribution in [0.3, 0.4) is 0 Å². The van der Waals surface area contributed by atoms with Gasteiger partial charge in [-0.15, -0.1) is 0 Å². The molecule has 0 aliphatic heterocycles. The zero-order valence-electron chi connectivity index (χ0n) is 18.8. The molecule has 0 N–H and O–H groups in total. The van der Waals surface area contributed by atoms with Crippen molar-refractivity contribution in [3.63, 3.8) is 0 Å². The SMILES string of the molecule is CCOC(=O)CCc1cc(F)c(OCc2c(-c3ccc(CC)cc3)nsc2C(F)(F)F)c(F)c1F. The van der Waals surface area contributed by atoms with Crippen molar-refractivity contribution in [2.75, 3.05) is 6.61 Å². The number of aryl methyl sites for hydroxylation is 2. The molecular formula is C24H21F6NO3S. The summed E-state index contributed by atoms with van der Waals surface area (Å²) in [7, 11) is 0. The quantitative estimate of drug-likeness (QED) is 0.176. The fourth-order valence-corrected chi connectivity index (χ4v) is 4.11. The zero-order chi connectivity index (χ0) is 25.8. The topological polar surface area (TPSA) is 48.4 Å². The lowest BCUT2D eigenvalue weighted by molar-refractivity contribution is -0.143. The fraction of sp³-hybridized carbons (Fsp3) is 0.333. The average Bonchev–Trinajstić information content (AvgIpc) is 3.25. The second kappa shape index (κ2) is 11.1. The summed E-state index contributed by atoms with van der Waals surface area (Å²) in [5, 5.41) is 0. The third-order valence-corrected chi connectivity index (χ3v) is 6.07. The second-order valence-corrected chi connectivity index (χ2v) is 8.23. The van der Waals surface area contributed by atoms with Gasteiger partial charge in [0.2, 0.25) is 5.82 Å². The Morgan fingerprint density at radius 2 is 1.74 bits per heavy atom. The minimum atomic E-state index is -4.78. The van der Waals surface area contributed by atoms with E-state index in [-0.39, 0.29) is 36.7 Å². The van der Waals surface area contributed by atoms with Crippen LogP contribution in [0.15, 0.2) is 30.3 Å². The third-order valence-electron chi connectivity index (χ3n) is 5.14. The minimum absolute atomic E-state index is 0.0441. The Labute approximate surface area is 201 Å². The van der Waals surface area contributed by atoms with Crippen LogP contribution in [0.4, 0.5) is 26.3 Å². The van der Waals surface area contributed by atoms with Crippen molar-refractivity contribution < 1.29 is 40.6 Å². The van der Waals surface area contributed by atoms with Gasteiger partial charge in [0.25, 0.3) is 0 Å². The summed E-state index contributed by atoms with van der Waals surface area (Å²) in [4.78, 5) is 10.4. The molecule has 35 heavy (non-hydrogen) atoms. The van der Waals surface area contributed by atoms with E-state index in [4.69, 9.17) is 9.47 Å². The molecule has 0 aliphatic rings.